The second kappa shape index (κ2) is 7.88. The van der Waals surface area contributed by atoms with Crippen molar-refractivity contribution in [2.24, 2.45) is 10.9 Å². The highest BCUT2D eigenvalue weighted by molar-refractivity contribution is 6.08. The molecule has 3 aromatic carbocycles. The number of nitrogens with zero attached hydrogens (tertiary/aromatic N) is 2. The predicted octanol–water partition coefficient (Wildman–Crippen LogP) is 5.16. The summed E-state index contributed by atoms with van der Waals surface area (Å²) in [7, 11) is 1.31. The van der Waals surface area contributed by atoms with E-state index in [9.17, 15) is 22.8 Å². The monoisotopic (exact) mass is 444 g/mol. The van der Waals surface area contributed by atoms with Crippen molar-refractivity contribution < 1.29 is 27.5 Å². The van der Waals surface area contributed by atoms with Crippen LogP contribution < -0.4 is 10.5 Å². The largest absolute Gasteiger partial charge is 0.496 e. The average molecular weight is 444 g/mol. The molecule has 0 saturated carbocycles. The van der Waals surface area contributed by atoms with Crippen LogP contribution in [-0.4, -0.2) is 28.4 Å². The molecular formula is C22H16F4N4O2. The second-order valence-corrected chi connectivity index (χ2v) is 6.95. The summed E-state index contributed by atoms with van der Waals surface area (Å²) in [6, 6.07) is 10.3. The van der Waals surface area contributed by atoms with E-state index in [0.29, 0.717) is 16.5 Å². The second-order valence-electron chi connectivity index (χ2n) is 6.95. The van der Waals surface area contributed by atoms with Crippen LogP contribution >= 0.6 is 0 Å². The molecule has 4 aromatic rings. The molecule has 0 spiro atoms. The van der Waals surface area contributed by atoms with Gasteiger partial charge in [0, 0.05) is 28.1 Å². The average Bonchev–Trinajstić information content (AvgIpc) is 3.25. The number of amidine groups is 1. The number of fused-ring (bicyclic) bond motifs is 1. The lowest BCUT2D eigenvalue weighted by atomic mass is 9.87. The van der Waals surface area contributed by atoms with Crippen molar-refractivity contribution in [3.8, 4) is 28.0 Å². The highest BCUT2D eigenvalue weighted by Crippen LogP contribution is 2.44. The minimum absolute atomic E-state index is 0.0717. The third-order valence-corrected chi connectivity index (χ3v) is 5.03. The zero-order valence-electron chi connectivity index (χ0n) is 16.5. The fourth-order valence-corrected chi connectivity index (χ4v) is 3.56. The number of oxime groups is 1. The van der Waals surface area contributed by atoms with Crippen molar-refractivity contribution >= 4 is 16.7 Å². The highest BCUT2D eigenvalue weighted by atomic mass is 19.4. The van der Waals surface area contributed by atoms with Gasteiger partial charge in [0.25, 0.3) is 0 Å². The highest BCUT2D eigenvalue weighted by Gasteiger charge is 2.33. The number of H-pyrrole nitrogens is 1. The molecule has 0 aliphatic carbocycles. The number of aromatic amines is 1. The molecule has 1 aromatic heterocycles. The van der Waals surface area contributed by atoms with Gasteiger partial charge in [-0.2, -0.15) is 18.3 Å². The van der Waals surface area contributed by atoms with Gasteiger partial charge in [-0.3, -0.25) is 5.10 Å². The van der Waals surface area contributed by atoms with Crippen LogP contribution in [0.3, 0.4) is 0 Å². The Kier molecular flexibility index (Phi) is 5.21. The van der Waals surface area contributed by atoms with Gasteiger partial charge in [0.15, 0.2) is 5.84 Å². The Bertz CT molecular complexity index is 1350. The zero-order valence-corrected chi connectivity index (χ0v) is 16.5. The van der Waals surface area contributed by atoms with Crippen LogP contribution in [0.1, 0.15) is 11.1 Å². The van der Waals surface area contributed by atoms with E-state index in [1.165, 1.54) is 19.4 Å². The van der Waals surface area contributed by atoms with E-state index in [2.05, 4.69) is 15.4 Å². The summed E-state index contributed by atoms with van der Waals surface area (Å²) in [5, 5.41) is 19.6. The Balaban J connectivity index is 2.14. The summed E-state index contributed by atoms with van der Waals surface area (Å²) in [5.74, 6) is -1.06. The van der Waals surface area contributed by atoms with Gasteiger partial charge in [0.05, 0.1) is 24.4 Å². The minimum atomic E-state index is -4.70. The number of rotatable bonds is 4. The maximum Gasteiger partial charge on any atom is 0.416 e. The Morgan fingerprint density at radius 2 is 1.88 bits per heavy atom. The molecule has 4 rings (SSSR count). The number of halogens is 4. The maximum atomic E-state index is 13.8. The number of nitrogens with two attached hydrogens (primary N) is 1. The number of methoxy groups -OCH3 is 1. The van der Waals surface area contributed by atoms with E-state index in [1.807, 2.05) is 0 Å². The van der Waals surface area contributed by atoms with E-state index in [1.54, 1.807) is 18.2 Å². The van der Waals surface area contributed by atoms with Gasteiger partial charge in [-0.15, -0.1) is 0 Å². The number of aromatic nitrogens is 2. The first-order chi connectivity index (χ1) is 15.2. The van der Waals surface area contributed by atoms with E-state index in [4.69, 9.17) is 10.5 Å². The molecule has 10 heteroatoms. The number of alkyl halides is 3. The first kappa shape index (κ1) is 21.2. The lowest BCUT2D eigenvalue weighted by Gasteiger charge is -2.20. The van der Waals surface area contributed by atoms with Gasteiger partial charge < -0.3 is 15.7 Å². The molecule has 0 unspecified atom stereocenters. The normalized spacial score (nSPS) is 12.3. The van der Waals surface area contributed by atoms with Gasteiger partial charge >= 0.3 is 6.18 Å². The SMILES string of the molecule is COc1cc(F)ccc1-c1c(/C(N)=N/O)cc(C(F)(F)F)cc1-c1ccc2[nH]ncc2c1. The molecule has 164 valence electrons. The number of hydrogen-bond donors (Lipinski definition) is 3. The molecule has 0 bridgehead atoms. The van der Waals surface area contributed by atoms with Gasteiger partial charge in [0.2, 0.25) is 0 Å². The third-order valence-electron chi connectivity index (χ3n) is 5.03. The third kappa shape index (κ3) is 3.70. The van der Waals surface area contributed by atoms with E-state index in [0.717, 1.165) is 24.3 Å². The molecule has 4 N–H and O–H groups in total. The van der Waals surface area contributed by atoms with Crippen LogP contribution in [0.4, 0.5) is 17.6 Å². The lowest BCUT2D eigenvalue weighted by molar-refractivity contribution is -0.137. The molecular weight excluding hydrogens is 428 g/mol. The first-order valence-corrected chi connectivity index (χ1v) is 9.23. The predicted molar refractivity (Wildman–Crippen MR) is 111 cm³/mol. The first-order valence-electron chi connectivity index (χ1n) is 9.23. The quantitative estimate of drug-likeness (QED) is 0.133. The smallest absolute Gasteiger partial charge is 0.416 e. The molecule has 0 aliphatic rings. The molecule has 0 amide bonds. The van der Waals surface area contributed by atoms with Crippen molar-refractivity contribution in [1.29, 1.82) is 0 Å². The fourth-order valence-electron chi connectivity index (χ4n) is 3.56. The summed E-state index contributed by atoms with van der Waals surface area (Å²) in [4.78, 5) is 0. The van der Waals surface area contributed by atoms with Crippen molar-refractivity contribution in [3.63, 3.8) is 0 Å². The molecule has 32 heavy (non-hydrogen) atoms. The van der Waals surface area contributed by atoms with Crippen LogP contribution in [-0.2, 0) is 6.18 Å². The summed E-state index contributed by atoms with van der Waals surface area (Å²) in [5.41, 5.74) is 6.31. The molecule has 0 radical (unpaired) electrons. The van der Waals surface area contributed by atoms with E-state index < -0.39 is 23.4 Å². The van der Waals surface area contributed by atoms with Crippen LogP contribution in [0.2, 0.25) is 0 Å². The molecule has 6 nitrogen and oxygen atoms in total. The summed E-state index contributed by atoms with van der Waals surface area (Å²) in [6.45, 7) is 0. The van der Waals surface area contributed by atoms with Gasteiger partial charge in [0.1, 0.15) is 11.6 Å². The molecule has 0 saturated heterocycles. The molecule has 0 atom stereocenters. The fraction of sp³-hybridized carbons (Fsp3) is 0.0909. The van der Waals surface area contributed by atoms with Crippen LogP contribution in [0.15, 0.2) is 59.9 Å². The number of benzene rings is 3. The van der Waals surface area contributed by atoms with Crippen LogP contribution in [0.5, 0.6) is 5.75 Å². The topological polar surface area (TPSA) is 96.5 Å². The Morgan fingerprint density at radius 3 is 2.56 bits per heavy atom. The van der Waals surface area contributed by atoms with E-state index in [-0.39, 0.29) is 28.0 Å². The van der Waals surface area contributed by atoms with Crippen molar-refractivity contribution in [3.05, 3.63) is 71.7 Å². The standard InChI is InChI=1S/C22H16F4N4O2/c1-32-19-9-14(23)3-4-15(19)20-16(11-2-5-18-12(6-11)10-28-29-18)7-13(22(24,25)26)8-17(20)21(27)30-31/h2-10,31H,1H3,(H2,27,30)(H,28,29). The lowest BCUT2D eigenvalue weighted by Crippen LogP contribution is -2.17. The summed E-state index contributed by atoms with van der Waals surface area (Å²) < 4.78 is 60.3. The van der Waals surface area contributed by atoms with Crippen molar-refractivity contribution in [2.45, 2.75) is 6.18 Å². The Morgan fingerprint density at radius 1 is 1.09 bits per heavy atom. The van der Waals surface area contributed by atoms with Crippen molar-refractivity contribution in [1.82, 2.24) is 10.2 Å². The van der Waals surface area contributed by atoms with E-state index >= 15 is 0 Å². The van der Waals surface area contributed by atoms with Gasteiger partial charge in [-0.25, -0.2) is 4.39 Å². The maximum absolute atomic E-state index is 13.8. The number of ether oxygens (including phenoxy) is 1. The summed E-state index contributed by atoms with van der Waals surface area (Å²) in [6.07, 6.45) is -3.17. The minimum Gasteiger partial charge on any atom is -0.496 e. The molecule has 0 aliphatic heterocycles. The Labute approximate surface area is 178 Å². The van der Waals surface area contributed by atoms with Crippen LogP contribution in [0, 0.1) is 5.82 Å². The van der Waals surface area contributed by atoms with Gasteiger partial charge in [-0.05, 0) is 47.5 Å². The Hall–Kier alpha value is -4.08. The van der Waals surface area contributed by atoms with Crippen LogP contribution in [0.25, 0.3) is 33.2 Å². The van der Waals surface area contributed by atoms with Gasteiger partial charge in [-0.1, -0.05) is 11.2 Å². The summed E-state index contributed by atoms with van der Waals surface area (Å²) >= 11 is 0. The number of nitrogens with one attached hydrogen (secondary N) is 1. The number of hydrogen-bond acceptors (Lipinski definition) is 4. The molecule has 0 fully saturated rings. The van der Waals surface area contributed by atoms with Crippen molar-refractivity contribution in [2.75, 3.05) is 7.11 Å². The molecule has 1 heterocycles. The zero-order chi connectivity index (χ0) is 23.0.